The van der Waals surface area contributed by atoms with E-state index in [1.54, 1.807) is 21.8 Å². The molecule has 3 fully saturated rings. The summed E-state index contributed by atoms with van der Waals surface area (Å²) in [5.41, 5.74) is 1.42. The van der Waals surface area contributed by atoms with E-state index in [1.807, 2.05) is 32.0 Å². The van der Waals surface area contributed by atoms with Crippen molar-refractivity contribution in [1.82, 2.24) is 25.0 Å². The number of rotatable bonds is 16. The Morgan fingerprint density at radius 3 is 2.42 bits per heavy atom. The number of nitrogens with one attached hydrogen (secondary N) is 1. The smallest absolute Gasteiger partial charge is 0.409 e. The lowest BCUT2D eigenvalue weighted by atomic mass is 10.1. The van der Waals surface area contributed by atoms with Gasteiger partial charge in [0.15, 0.2) is 6.61 Å². The van der Waals surface area contributed by atoms with Crippen LogP contribution < -0.4 is 10.1 Å². The summed E-state index contributed by atoms with van der Waals surface area (Å²) in [5, 5.41) is 3.47. The van der Waals surface area contributed by atoms with Crippen molar-refractivity contribution in [2.75, 3.05) is 66.3 Å². The molecule has 0 bridgehead atoms. The highest BCUT2D eigenvalue weighted by Gasteiger charge is 2.32. The number of piperazine rings is 1. The third kappa shape index (κ3) is 11.0. The Morgan fingerprint density at radius 2 is 1.68 bits per heavy atom. The number of fused-ring (bicyclic) bond motifs is 1. The van der Waals surface area contributed by atoms with Gasteiger partial charge in [-0.2, -0.15) is 0 Å². The molecule has 3 heterocycles. The van der Waals surface area contributed by atoms with Gasteiger partial charge in [-0.05, 0) is 69.1 Å². The third-order valence-electron chi connectivity index (χ3n) is 10.3. The lowest BCUT2D eigenvalue weighted by Crippen LogP contribution is -2.56. The number of likely N-dealkylation sites (tertiary alicyclic amines) is 1. The topological polar surface area (TPSA) is 157 Å². The van der Waals surface area contributed by atoms with E-state index in [4.69, 9.17) is 18.9 Å². The van der Waals surface area contributed by atoms with Crippen LogP contribution in [0.1, 0.15) is 87.2 Å². The molecule has 1 saturated carbocycles. The molecule has 0 unspecified atom stereocenters. The predicted octanol–water partition coefficient (Wildman–Crippen LogP) is 4.25. The van der Waals surface area contributed by atoms with E-state index in [9.17, 15) is 24.0 Å². The van der Waals surface area contributed by atoms with E-state index in [2.05, 4.69) is 10.3 Å². The molecule has 4 amide bonds. The predicted molar refractivity (Wildman–Crippen MR) is 196 cm³/mol. The van der Waals surface area contributed by atoms with Gasteiger partial charge in [-0.25, -0.2) is 9.78 Å². The summed E-state index contributed by atoms with van der Waals surface area (Å²) in [5.74, 6) is -0.911. The molecule has 14 heteroatoms. The Balaban J connectivity index is 1.29. The van der Waals surface area contributed by atoms with Gasteiger partial charge in [-0.15, -0.1) is 0 Å². The zero-order chi connectivity index (χ0) is 37.7. The SMILES string of the molecule is CCCCOC(=O)N1CCN(C(=O)[C@H](CCC(=O)OCC2CCCC2)NC(=O)c2cc(OCC(=O)N3CCC[C@H]3COC)c3ccc(C)cc3n2)CC1. The van der Waals surface area contributed by atoms with Crippen LogP contribution in [0.15, 0.2) is 24.3 Å². The van der Waals surface area contributed by atoms with E-state index < -0.39 is 24.0 Å². The summed E-state index contributed by atoms with van der Waals surface area (Å²) in [6.07, 6.45) is 7.33. The van der Waals surface area contributed by atoms with E-state index in [0.29, 0.717) is 48.9 Å². The van der Waals surface area contributed by atoms with Crippen LogP contribution in [0, 0.1) is 12.8 Å². The van der Waals surface area contributed by atoms with Crippen molar-refractivity contribution < 1.29 is 42.9 Å². The first-order chi connectivity index (χ1) is 25.7. The van der Waals surface area contributed by atoms with Crippen molar-refractivity contribution in [3.63, 3.8) is 0 Å². The molecule has 5 rings (SSSR count). The molecule has 1 aromatic heterocycles. The van der Waals surface area contributed by atoms with Gasteiger partial charge in [0.25, 0.3) is 11.8 Å². The average molecular weight is 738 g/mol. The summed E-state index contributed by atoms with van der Waals surface area (Å²) in [4.78, 5) is 75.9. The molecule has 0 radical (unpaired) electrons. The van der Waals surface area contributed by atoms with Crippen LogP contribution in [0.25, 0.3) is 10.9 Å². The Bertz CT molecular complexity index is 1590. The number of amides is 4. The van der Waals surface area contributed by atoms with Gasteiger partial charge in [0.05, 0.1) is 31.4 Å². The minimum atomic E-state index is -1.06. The number of methoxy groups -OCH3 is 1. The number of carbonyl (C=O) groups excluding carboxylic acids is 5. The number of nitrogens with zero attached hydrogens (tertiary/aromatic N) is 4. The molecule has 14 nitrogen and oxygen atoms in total. The number of pyridine rings is 1. The van der Waals surface area contributed by atoms with Crippen LogP contribution >= 0.6 is 0 Å². The van der Waals surface area contributed by atoms with Gasteiger partial charge in [0.1, 0.15) is 17.5 Å². The van der Waals surface area contributed by atoms with Crippen molar-refractivity contribution in [2.24, 2.45) is 5.92 Å². The Morgan fingerprint density at radius 1 is 0.925 bits per heavy atom. The van der Waals surface area contributed by atoms with E-state index in [-0.39, 0.29) is 69.2 Å². The number of benzene rings is 1. The minimum Gasteiger partial charge on any atom is -0.483 e. The van der Waals surface area contributed by atoms with Crippen molar-refractivity contribution in [2.45, 2.75) is 90.1 Å². The zero-order valence-corrected chi connectivity index (χ0v) is 31.4. The summed E-state index contributed by atoms with van der Waals surface area (Å²) in [6.45, 7) is 6.56. The number of esters is 1. The summed E-state index contributed by atoms with van der Waals surface area (Å²) < 4.78 is 22.3. The molecule has 3 aliphatic rings. The normalized spacial score (nSPS) is 18.2. The molecule has 290 valence electrons. The third-order valence-corrected chi connectivity index (χ3v) is 10.3. The quantitative estimate of drug-likeness (QED) is 0.195. The second-order valence-electron chi connectivity index (χ2n) is 14.3. The second kappa shape index (κ2) is 19.6. The van der Waals surface area contributed by atoms with Crippen LogP contribution in [0.5, 0.6) is 5.75 Å². The van der Waals surface area contributed by atoms with Crippen LogP contribution in [0.3, 0.4) is 0 Å². The number of carbonyl (C=O) groups is 5. The van der Waals surface area contributed by atoms with Gasteiger partial charge in [0.2, 0.25) is 5.91 Å². The fraction of sp³-hybridized carbons (Fsp3) is 0.641. The van der Waals surface area contributed by atoms with Crippen LogP contribution in [-0.2, 0) is 28.6 Å². The van der Waals surface area contributed by atoms with Gasteiger partial charge < -0.3 is 39.0 Å². The zero-order valence-electron chi connectivity index (χ0n) is 31.4. The highest BCUT2D eigenvalue weighted by atomic mass is 16.6. The maximum absolute atomic E-state index is 14.0. The Labute approximate surface area is 311 Å². The fourth-order valence-electron chi connectivity index (χ4n) is 7.23. The van der Waals surface area contributed by atoms with E-state index >= 15 is 0 Å². The maximum atomic E-state index is 14.0. The Kier molecular flexibility index (Phi) is 14.7. The van der Waals surface area contributed by atoms with Crippen LogP contribution in [0.4, 0.5) is 4.79 Å². The average Bonchev–Trinajstić information content (AvgIpc) is 3.87. The molecular weight excluding hydrogens is 682 g/mol. The molecular formula is C39H55N5O9. The highest BCUT2D eigenvalue weighted by molar-refractivity contribution is 5.99. The standard InChI is InChI=1S/C39H55N5O9/c1-4-5-21-51-39(49)43-19-17-42(18-20-43)38(48)31(14-15-36(46)53-24-28-9-6-7-10-28)41-37(47)33-23-34(30-13-12-27(2)22-32(30)40-33)52-26-35(45)44-16-8-11-29(44)25-50-3/h12-13,22-23,28-29,31H,4-11,14-21,24-26H2,1-3H3,(H,41,47)/t29-,31-/m0/s1. The first-order valence-corrected chi connectivity index (χ1v) is 19.2. The van der Waals surface area contributed by atoms with Crippen molar-refractivity contribution in [3.05, 3.63) is 35.5 Å². The summed E-state index contributed by atoms with van der Waals surface area (Å²) in [6, 6.07) is 5.98. The monoisotopic (exact) mass is 737 g/mol. The second-order valence-corrected chi connectivity index (χ2v) is 14.3. The van der Waals surface area contributed by atoms with Crippen molar-refractivity contribution >= 4 is 40.7 Å². The van der Waals surface area contributed by atoms with Crippen molar-refractivity contribution in [1.29, 1.82) is 0 Å². The Hall–Kier alpha value is -4.46. The minimum absolute atomic E-state index is 0.00485. The first kappa shape index (κ1) is 39.7. The van der Waals surface area contributed by atoms with Crippen LogP contribution in [-0.4, -0.2) is 128 Å². The molecule has 2 aliphatic heterocycles. The van der Waals surface area contributed by atoms with Crippen LogP contribution in [0.2, 0.25) is 0 Å². The van der Waals surface area contributed by atoms with Crippen molar-refractivity contribution in [3.8, 4) is 5.75 Å². The number of ether oxygens (including phenoxy) is 4. The lowest BCUT2D eigenvalue weighted by molar-refractivity contribution is -0.145. The largest absolute Gasteiger partial charge is 0.483 e. The van der Waals surface area contributed by atoms with Gasteiger partial charge >= 0.3 is 12.1 Å². The summed E-state index contributed by atoms with van der Waals surface area (Å²) in [7, 11) is 1.62. The number of aryl methyl sites for hydroxylation is 1. The maximum Gasteiger partial charge on any atom is 0.409 e. The molecule has 1 aromatic carbocycles. The van der Waals surface area contributed by atoms with E-state index in [0.717, 1.165) is 56.9 Å². The molecule has 53 heavy (non-hydrogen) atoms. The van der Waals surface area contributed by atoms with Gasteiger partial charge in [-0.3, -0.25) is 19.2 Å². The highest BCUT2D eigenvalue weighted by Crippen LogP contribution is 2.28. The number of hydrogen-bond acceptors (Lipinski definition) is 10. The number of aromatic nitrogens is 1. The molecule has 2 atom stereocenters. The summed E-state index contributed by atoms with van der Waals surface area (Å²) >= 11 is 0. The molecule has 2 aromatic rings. The van der Waals surface area contributed by atoms with E-state index in [1.165, 1.54) is 6.07 Å². The lowest BCUT2D eigenvalue weighted by Gasteiger charge is -2.36. The van der Waals surface area contributed by atoms with Gasteiger partial charge in [0, 0.05) is 57.7 Å². The number of unbranched alkanes of at least 4 members (excludes halogenated alkanes) is 1. The molecule has 2 saturated heterocycles. The number of hydrogen-bond donors (Lipinski definition) is 1. The van der Waals surface area contributed by atoms with Gasteiger partial charge in [-0.1, -0.05) is 32.3 Å². The first-order valence-electron chi connectivity index (χ1n) is 19.2. The molecule has 0 spiro atoms. The fourth-order valence-corrected chi connectivity index (χ4v) is 7.23. The molecule has 1 aliphatic carbocycles. The molecule has 1 N–H and O–H groups in total.